The molecule has 0 atom stereocenters. The van der Waals surface area contributed by atoms with Crippen LogP contribution in [0.4, 0.5) is 0 Å². The van der Waals surface area contributed by atoms with Crippen LogP contribution in [-0.4, -0.2) is 10.1 Å². The maximum Gasteiger partial charge on any atom is 0.237 e. The van der Waals surface area contributed by atoms with Crippen molar-refractivity contribution in [3.05, 3.63) is 52.7 Å². The molecule has 1 heterocycles. The zero-order chi connectivity index (χ0) is 13.9. The largest absolute Gasteiger partial charge is 0.438 e. The van der Waals surface area contributed by atoms with Crippen molar-refractivity contribution in [3.63, 3.8) is 0 Å². The molecule has 0 unspecified atom stereocenters. The SMILES string of the molecule is N#Cc1cc2c(nc1Oc1cccc(CO)c1)CCC2. The Morgan fingerprint density at radius 2 is 2.20 bits per heavy atom. The molecule has 4 nitrogen and oxygen atoms in total. The van der Waals surface area contributed by atoms with E-state index in [0.717, 1.165) is 36.1 Å². The molecule has 0 saturated carbocycles. The van der Waals surface area contributed by atoms with Gasteiger partial charge in [-0.2, -0.15) is 5.26 Å². The second kappa shape index (κ2) is 5.32. The summed E-state index contributed by atoms with van der Waals surface area (Å²) in [5.41, 5.74) is 3.40. The molecule has 1 N–H and O–H groups in total. The van der Waals surface area contributed by atoms with Crippen LogP contribution in [0, 0.1) is 11.3 Å². The molecular weight excluding hydrogens is 252 g/mol. The highest BCUT2D eigenvalue weighted by Crippen LogP contribution is 2.29. The second-order valence-corrected chi connectivity index (χ2v) is 4.82. The average molecular weight is 266 g/mol. The summed E-state index contributed by atoms with van der Waals surface area (Å²) in [5, 5.41) is 18.4. The van der Waals surface area contributed by atoms with Crippen LogP contribution in [0.3, 0.4) is 0 Å². The number of aliphatic hydroxyl groups excluding tert-OH is 1. The lowest BCUT2D eigenvalue weighted by atomic mass is 10.1. The van der Waals surface area contributed by atoms with Crippen LogP contribution in [0.1, 0.15) is 28.8 Å². The number of ether oxygens (including phenoxy) is 1. The number of aromatic nitrogens is 1. The lowest BCUT2D eigenvalue weighted by molar-refractivity contribution is 0.281. The number of hydrogen-bond acceptors (Lipinski definition) is 4. The molecule has 1 aliphatic carbocycles. The predicted molar refractivity (Wildman–Crippen MR) is 73.4 cm³/mol. The number of benzene rings is 1. The number of fused-ring (bicyclic) bond motifs is 1. The monoisotopic (exact) mass is 266 g/mol. The van der Waals surface area contributed by atoms with Gasteiger partial charge in [0.05, 0.1) is 6.61 Å². The fourth-order valence-electron chi connectivity index (χ4n) is 2.43. The molecule has 0 amide bonds. The quantitative estimate of drug-likeness (QED) is 0.927. The maximum atomic E-state index is 9.22. The maximum absolute atomic E-state index is 9.22. The normalized spacial score (nSPS) is 12.8. The molecule has 0 fully saturated rings. The summed E-state index contributed by atoms with van der Waals surface area (Å²) in [6.07, 6.45) is 3.00. The summed E-state index contributed by atoms with van der Waals surface area (Å²) in [4.78, 5) is 4.47. The topological polar surface area (TPSA) is 66.1 Å². The second-order valence-electron chi connectivity index (χ2n) is 4.82. The van der Waals surface area contributed by atoms with E-state index >= 15 is 0 Å². The predicted octanol–water partition coefficient (Wildman–Crippen LogP) is 2.73. The minimum atomic E-state index is -0.0417. The van der Waals surface area contributed by atoms with Gasteiger partial charge in [0, 0.05) is 5.69 Å². The molecule has 3 rings (SSSR count). The molecule has 1 aliphatic rings. The molecule has 100 valence electrons. The van der Waals surface area contributed by atoms with E-state index in [2.05, 4.69) is 11.1 Å². The van der Waals surface area contributed by atoms with Gasteiger partial charge < -0.3 is 9.84 Å². The van der Waals surface area contributed by atoms with Crippen LogP contribution >= 0.6 is 0 Å². The number of pyridine rings is 1. The molecule has 1 aromatic carbocycles. The van der Waals surface area contributed by atoms with Crippen molar-refractivity contribution in [2.75, 3.05) is 0 Å². The number of nitrogens with zero attached hydrogens (tertiary/aromatic N) is 2. The Morgan fingerprint density at radius 1 is 1.30 bits per heavy atom. The molecule has 0 radical (unpaired) electrons. The number of nitriles is 1. The van der Waals surface area contributed by atoms with Gasteiger partial charge in [0.15, 0.2) is 0 Å². The zero-order valence-electron chi connectivity index (χ0n) is 11.0. The van der Waals surface area contributed by atoms with Gasteiger partial charge in [-0.25, -0.2) is 4.98 Å². The highest BCUT2D eigenvalue weighted by Gasteiger charge is 2.17. The first kappa shape index (κ1) is 12.6. The van der Waals surface area contributed by atoms with Crippen LogP contribution in [0.2, 0.25) is 0 Å². The van der Waals surface area contributed by atoms with Crippen LogP contribution in [0.25, 0.3) is 0 Å². The van der Waals surface area contributed by atoms with Crippen LogP contribution < -0.4 is 4.74 Å². The Morgan fingerprint density at radius 3 is 3.00 bits per heavy atom. The Bertz CT molecular complexity index is 689. The van der Waals surface area contributed by atoms with Gasteiger partial charge in [0.25, 0.3) is 0 Å². The summed E-state index contributed by atoms with van der Waals surface area (Å²) in [7, 11) is 0. The first-order chi connectivity index (χ1) is 9.80. The molecular formula is C16H14N2O2. The molecule has 0 bridgehead atoms. The lowest BCUT2D eigenvalue weighted by Gasteiger charge is -2.09. The molecule has 0 aliphatic heterocycles. The van der Waals surface area contributed by atoms with Crippen molar-refractivity contribution < 1.29 is 9.84 Å². The van der Waals surface area contributed by atoms with Crippen LogP contribution in [0.5, 0.6) is 11.6 Å². The zero-order valence-corrected chi connectivity index (χ0v) is 11.0. The molecule has 2 aromatic rings. The highest BCUT2D eigenvalue weighted by molar-refractivity contribution is 5.46. The van der Waals surface area contributed by atoms with Gasteiger partial charge in [-0.15, -0.1) is 0 Å². The van der Waals surface area contributed by atoms with E-state index in [1.165, 1.54) is 0 Å². The van der Waals surface area contributed by atoms with Crippen molar-refractivity contribution in [2.24, 2.45) is 0 Å². The van der Waals surface area contributed by atoms with Crippen molar-refractivity contribution >= 4 is 0 Å². The Hall–Kier alpha value is -2.38. The van der Waals surface area contributed by atoms with E-state index in [4.69, 9.17) is 9.84 Å². The van der Waals surface area contributed by atoms with E-state index in [9.17, 15) is 5.26 Å². The third-order valence-corrected chi connectivity index (χ3v) is 3.43. The number of aliphatic hydroxyl groups is 1. The van der Waals surface area contributed by atoms with E-state index in [-0.39, 0.29) is 6.61 Å². The van der Waals surface area contributed by atoms with Gasteiger partial charge in [-0.1, -0.05) is 12.1 Å². The Kier molecular flexibility index (Phi) is 3.36. The van der Waals surface area contributed by atoms with Crippen molar-refractivity contribution in [1.82, 2.24) is 4.98 Å². The van der Waals surface area contributed by atoms with Crippen molar-refractivity contribution in [2.45, 2.75) is 25.9 Å². The third-order valence-electron chi connectivity index (χ3n) is 3.43. The summed E-state index contributed by atoms with van der Waals surface area (Å²) in [5.74, 6) is 0.932. The first-order valence-electron chi connectivity index (χ1n) is 6.60. The lowest BCUT2D eigenvalue weighted by Crippen LogP contribution is -1.97. The first-order valence-corrected chi connectivity index (χ1v) is 6.60. The van der Waals surface area contributed by atoms with Gasteiger partial charge in [-0.05, 0) is 48.6 Å². The average Bonchev–Trinajstić information content (AvgIpc) is 2.93. The Labute approximate surface area is 117 Å². The van der Waals surface area contributed by atoms with Crippen LogP contribution in [-0.2, 0) is 19.4 Å². The number of hydrogen-bond donors (Lipinski definition) is 1. The van der Waals surface area contributed by atoms with E-state index in [0.29, 0.717) is 17.2 Å². The van der Waals surface area contributed by atoms with Gasteiger partial charge in [0.1, 0.15) is 17.4 Å². The highest BCUT2D eigenvalue weighted by atomic mass is 16.5. The Balaban J connectivity index is 1.96. The van der Waals surface area contributed by atoms with Gasteiger partial charge >= 0.3 is 0 Å². The van der Waals surface area contributed by atoms with E-state index in [1.54, 1.807) is 18.2 Å². The smallest absolute Gasteiger partial charge is 0.237 e. The summed E-state index contributed by atoms with van der Waals surface area (Å²) < 4.78 is 5.72. The van der Waals surface area contributed by atoms with Gasteiger partial charge in [-0.3, -0.25) is 0 Å². The summed E-state index contributed by atoms with van der Waals surface area (Å²) in [6.45, 7) is -0.0417. The van der Waals surface area contributed by atoms with Crippen LogP contribution in [0.15, 0.2) is 30.3 Å². The summed E-state index contributed by atoms with van der Waals surface area (Å²) >= 11 is 0. The third kappa shape index (κ3) is 2.36. The van der Waals surface area contributed by atoms with Crippen molar-refractivity contribution in [1.29, 1.82) is 5.26 Å². The fraction of sp³-hybridized carbons (Fsp3) is 0.250. The minimum Gasteiger partial charge on any atom is -0.438 e. The molecule has 0 saturated heterocycles. The molecule has 4 heteroatoms. The van der Waals surface area contributed by atoms with Gasteiger partial charge in [0.2, 0.25) is 5.88 Å². The number of rotatable bonds is 3. The van der Waals surface area contributed by atoms with E-state index in [1.807, 2.05) is 12.1 Å². The number of aryl methyl sites for hydroxylation is 2. The fourth-order valence-corrected chi connectivity index (χ4v) is 2.43. The molecule has 0 spiro atoms. The molecule has 20 heavy (non-hydrogen) atoms. The molecule has 1 aromatic heterocycles. The standard InChI is InChI=1S/C16H14N2O2/c17-9-13-8-12-4-2-6-15(12)18-16(13)20-14-5-1-3-11(7-14)10-19/h1,3,5,7-8,19H,2,4,6,10H2. The van der Waals surface area contributed by atoms with Crippen molar-refractivity contribution in [3.8, 4) is 17.7 Å². The van der Waals surface area contributed by atoms with E-state index < -0.39 is 0 Å². The minimum absolute atomic E-state index is 0.0417. The summed E-state index contributed by atoms with van der Waals surface area (Å²) in [6, 6.07) is 11.2.